The van der Waals surface area contributed by atoms with Gasteiger partial charge in [0.05, 0.1) is 12.5 Å². The second-order valence-corrected chi connectivity index (χ2v) is 7.02. The molecule has 5 nitrogen and oxygen atoms in total. The van der Waals surface area contributed by atoms with Crippen LogP contribution in [0.4, 0.5) is 4.39 Å². The number of nitrogens with one attached hydrogen (secondary N) is 1. The van der Waals surface area contributed by atoms with Gasteiger partial charge in [0.1, 0.15) is 5.82 Å². The number of halogens is 2. The van der Waals surface area contributed by atoms with Gasteiger partial charge in [-0.25, -0.2) is 4.39 Å². The molecule has 0 bridgehead atoms. The van der Waals surface area contributed by atoms with Crippen molar-refractivity contribution in [3.8, 4) is 0 Å². The van der Waals surface area contributed by atoms with Gasteiger partial charge < -0.3 is 16.0 Å². The van der Waals surface area contributed by atoms with Crippen LogP contribution in [0.5, 0.6) is 0 Å². The molecule has 2 rings (SSSR count). The molecule has 152 valence electrons. The Bertz CT molecular complexity index is 597. The molecule has 3 N–H and O–H groups in total. The monoisotopic (exact) mass is 399 g/mol. The number of nitrogens with zero attached hydrogens (tertiary/aromatic N) is 1. The summed E-state index contributed by atoms with van der Waals surface area (Å²) in [5.41, 5.74) is 7.06. The van der Waals surface area contributed by atoms with Crippen molar-refractivity contribution in [2.24, 2.45) is 11.7 Å². The number of hydrogen-bond donors (Lipinski definition) is 2. The number of rotatable bonds is 6. The molecule has 0 spiro atoms. The zero-order valence-corrected chi connectivity index (χ0v) is 16.8. The first-order valence-corrected chi connectivity index (χ1v) is 9.56. The first-order valence-electron chi connectivity index (χ1n) is 9.56. The molecule has 2 amide bonds. The maximum atomic E-state index is 12.9. The summed E-state index contributed by atoms with van der Waals surface area (Å²) in [7, 11) is 0. The van der Waals surface area contributed by atoms with E-state index in [0.29, 0.717) is 13.1 Å². The van der Waals surface area contributed by atoms with Gasteiger partial charge in [-0.15, -0.1) is 12.4 Å². The molecular weight excluding hydrogens is 369 g/mol. The van der Waals surface area contributed by atoms with Gasteiger partial charge in [0, 0.05) is 19.1 Å². The van der Waals surface area contributed by atoms with E-state index in [1.807, 2.05) is 6.92 Å². The van der Waals surface area contributed by atoms with E-state index in [-0.39, 0.29) is 48.5 Å². The highest BCUT2D eigenvalue weighted by molar-refractivity contribution is 5.86. The van der Waals surface area contributed by atoms with Gasteiger partial charge in [-0.3, -0.25) is 9.59 Å². The van der Waals surface area contributed by atoms with Crippen molar-refractivity contribution in [2.75, 3.05) is 13.1 Å². The van der Waals surface area contributed by atoms with Gasteiger partial charge in [-0.05, 0) is 37.5 Å². The minimum atomic E-state index is -0.307. The summed E-state index contributed by atoms with van der Waals surface area (Å²) in [4.78, 5) is 26.7. The molecule has 1 fully saturated rings. The highest BCUT2D eigenvalue weighted by atomic mass is 35.5. The Kier molecular flexibility index (Phi) is 10.3. The highest BCUT2D eigenvalue weighted by Gasteiger charge is 2.30. The lowest BCUT2D eigenvalue weighted by molar-refractivity contribution is -0.140. The fourth-order valence-corrected chi connectivity index (χ4v) is 3.43. The van der Waals surface area contributed by atoms with Crippen LogP contribution in [0.25, 0.3) is 0 Å². The maximum Gasteiger partial charge on any atom is 0.239 e. The summed E-state index contributed by atoms with van der Waals surface area (Å²) in [5, 5.41) is 2.79. The van der Waals surface area contributed by atoms with Crippen molar-refractivity contribution in [1.29, 1.82) is 0 Å². The summed E-state index contributed by atoms with van der Waals surface area (Å²) in [6, 6.07) is 5.86. The van der Waals surface area contributed by atoms with Crippen LogP contribution in [0, 0.1) is 11.7 Å². The molecule has 0 aliphatic heterocycles. The smallest absolute Gasteiger partial charge is 0.239 e. The van der Waals surface area contributed by atoms with Crippen molar-refractivity contribution in [3.63, 3.8) is 0 Å². The van der Waals surface area contributed by atoms with Crippen LogP contribution in [-0.4, -0.2) is 35.8 Å². The van der Waals surface area contributed by atoms with E-state index in [4.69, 9.17) is 5.73 Å². The second kappa shape index (κ2) is 11.9. The normalized spacial score (nSPS) is 20.0. The minimum absolute atomic E-state index is 0. The molecule has 1 saturated carbocycles. The molecule has 0 radical (unpaired) electrons. The van der Waals surface area contributed by atoms with Crippen molar-refractivity contribution < 1.29 is 14.0 Å². The minimum Gasteiger partial charge on any atom is -0.350 e. The maximum absolute atomic E-state index is 12.9. The standard InChI is InChI=1S/C20H30FN3O2.ClH/c1-2-24(20(26)17-7-5-3-4-6-8-18(17)22)14-19(25)23-13-15-9-11-16(21)12-10-15;/h9-12,17-18H,2-8,13-14,22H2,1H3,(H,23,25);1H. The fourth-order valence-electron chi connectivity index (χ4n) is 3.43. The number of hydrogen-bond acceptors (Lipinski definition) is 3. The number of likely N-dealkylation sites (N-methyl/N-ethyl adjacent to an activating group) is 1. The summed E-state index contributed by atoms with van der Waals surface area (Å²) in [6.45, 7) is 2.69. The van der Waals surface area contributed by atoms with E-state index < -0.39 is 0 Å². The molecule has 27 heavy (non-hydrogen) atoms. The number of carbonyl (C=O) groups excluding carboxylic acids is 2. The molecule has 1 aromatic carbocycles. The highest BCUT2D eigenvalue weighted by Crippen LogP contribution is 2.23. The van der Waals surface area contributed by atoms with Crippen LogP contribution < -0.4 is 11.1 Å². The van der Waals surface area contributed by atoms with Crippen LogP contribution in [0.3, 0.4) is 0 Å². The van der Waals surface area contributed by atoms with Gasteiger partial charge in [-0.1, -0.05) is 37.8 Å². The van der Waals surface area contributed by atoms with Crippen LogP contribution in [0.1, 0.15) is 51.0 Å². The Morgan fingerprint density at radius 1 is 1.15 bits per heavy atom. The third-order valence-corrected chi connectivity index (χ3v) is 5.07. The Labute approximate surface area is 167 Å². The predicted molar refractivity (Wildman–Crippen MR) is 107 cm³/mol. The molecule has 2 unspecified atom stereocenters. The first kappa shape index (κ1) is 23.4. The summed E-state index contributed by atoms with van der Waals surface area (Å²) in [5.74, 6) is -0.735. The quantitative estimate of drug-likeness (QED) is 0.772. The topological polar surface area (TPSA) is 75.4 Å². The summed E-state index contributed by atoms with van der Waals surface area (Å²) in [6.07, 6.45) is 6.06. The van der Waals surface area contributed by atoms with Crippen molar-refractivity contribution >= 4 is 24.2 Å². The zero-order valence-electron chi connectivity index (χ0n) is 16.0. The predicted octanol–water partition coefficient (Wildman–Crippen LogP) is 3.01. The third-order valence-electron chi connectivity index (χ3n) is 5.07. The Balaban J connectivity index is 0.00000364. The van der Waals surface area contributed by atoms with E-state index in [1.54, 1.807) is 17.0 Å². The Hall–Kier alpha value is -1.66. The molecule has 0 aromatic heterocycles. The molecule has 0 heterocycles. The lowest BCUT2D eigenvalue weighted by atomic mass is 9.86. The summed E-state index contributed by atoms with van der Waals surface area (Å²) < 4.78 is 12.9. The van der Waals surface area contributed by atoms with Crippen LogP contribution in [0.15, 0.2) is 24.3 Å². The van der Waals surface area contributed by atoms with Gasteiger partial charge in [0.25, 0.3) is 0 Å². The van der Waals surface area contributed by atoms with Crippen molar-refractivity contribution in [2.45, 2.75) is 58.0 Å². The SMILES string of the molecule is CCN(CC(=O)NCc1ccc(F)cc1)C(=O)C1CCCCCCC1N.Cl. The zero-order chi connectivity index (χ0) is 18.9. The van der Waals surface area contributed by atoms with E-state index in [1.165, 1.54) is 18.6 Å². The van der Waals surface area contributed by atoms with Crippen LogP contribution >= 0.6 is 12.4 Å². The van der Waals surface area contributed by atoms with E-state index in [0.717, 1.165) is 37.7 Å². The van der Waals surface area contributed by atoms with Crippen molar-refractivity contribution in [3.05, 3.63) is 35.6 Å². The molecule has 7 heteroatoms. The Morgan fingerprint density at radius 2 is 1.78 bits per heavy atom. The van der Waals surface area contributed by atoms with Crippen molar-refractivity contribution in [1.82, 2.24) is 10.2 Å². The fraction of sp³-hybridized carbons (Fsp3) is 0.600. The number of benzene rings is 1. The number of nitrogens with two attached hydrogens (primary N) is 1. The molecule has 1 aliphatic carbocycles. The van der Waals surface area contributed by atoms with Gasteiger partial charge in [0.15, 0.2) is 0 Å². The van der Waals surface area contributed by atoms with Gasteiger partial charge in [0.2, 0.25) is 11.8 Å². The Morgan fingerprint density at radius 3 is 2.41 bits per heavy atom. The number of amides is 2. The van der Waals surface area contributed by atoms with E-state index in [2.05, 4.69) is 5.32 Å². The molecule has 1 aliphatic rings. The average molecular weight is 400 g/mol. The van der Waals surface area contributed by atoms with E-state index >= 15 is 0 Å². The molecular formula is C20H31ClFN3O2. The molecule has 2 atom stereocenters. The van der Waals surface area contributed by atoms with Gasteiger partial charge in [-0.2, -0.15) is 0 Å². The number of carbonyl (C=O) groups is 2. The largest absolute Gasteiger partial charge is 0.350 e. The lowest BCUT2D eigenvalue weighted by Gasteiger charge is -2.30. The molecule has 0 saturated heterocycles. The lowest BCUT2D eigenvalue weighted by Crippen LogP contribution is -2.47. The average Bonchev–Trinajstić information content (AvgIpc) is 2.62. The van der Waals surface area contributed by atoms with Crippen LogP contribution in [0.2, 0.25) is 0 Å². The first-order chi connectivity index (χ1) is 12.5. The molecule has 1 aromatic rings. The van der Waals surface area contributed by atoms with E-state index in [9.17, 15) is 14.0 Å². The van der Waals surface area contributed by atoms with Crippen LogP contribution in [-0.2, 0) is 16.1 Å². The second-order valence-electron chi connectivity index (χ2n) is 7.02. The third kappa shape index (κ3) is 7.46. The summed E-state index contributed by atoms with van der Waals surface area (Å²) >= 11 is 0. The van der Waals surface area contributed by atoms with Gasteiger partial charge >= 0.3 is 0 Å².